The van der Waals surface area contributed by atoms with Crippen LogP contribution in [0.5, 0.6) is 0 Å². The smallest absolute Gasteiger partial charge is 0.311 e. The number of fused-ring (bicyclic) bond motifs is 4. The second-order valence-corrected chi connectivity index (χ2v) is 13.5. The molecule has 4 bridgehead atoms. The molecule has 0 N–H and O–H groups in total. The Morgan fingerprint density at radius 3 is 2.27 bits per heavy atom. The summed E-state index contributed by atoms with van der Waals surface area (Å²) in [5.41, 5.74) is 0. The third kappa shape index (κ3) is 9.14. The van der Waals surface area contributed by atoms with Gasteiger partial charge in [-0.1, -0.05) is 33.6 Å². The molecule has 4 heterocycles. The Morgan fingerprint density at radius 1 is 0.805 bits per heavy atom. The van der Waals surface area contributed by atoms with E-state index in [2.05, 4.69) is 39.8 Å². The van der Waals surface area contributed by atoms with E-state index in [1.165, 1.54) is 6.42 Å². The van der Waals surface area contributed by atoms with Crippen molar-refractivity contribution in [2.24, 2.45) is 11.8 Å². The minimum absolute atomic E-state index is 0.00291. The first-order chi connectivity index (χ1) is 19.7. The largest absolute Gasteiger partial charge is 0.462 e. The van der Waals surface area contributed by atoms with E-state index in [-0.39, 0.29) is 79.0 Å². The van der Waals surface area contributed by atoms with Crippen LogP contribution in [0.25, 0.3) is 0 Å². The minimum atomic E-state index is -0.348. The fourth-order valence-corrected chi connectivity index (χ4v) is 7.43. The van der Waals surface area contributed by atoms with Gasteiger partial charge >= 0.3 is 11.9 Å². The fourth-order valence-electron chi connectivity index (χ4n) is 7.43. The molecule has 4 saturated heterocycles. The molecule has 0 spiro atoms. The van der Waals surface area contributed by atoms with E-state index >= 15 is 0 Å². The summed E-state index contributed by atoms with van der Waals surface area (Å²) >= 11 is 0. The Morgan fingerprint density at radius 2 is 1.54 bits per heavy atom. The molecule has 4 rings (SSSR count). The SMILES string of the molecule is CCC[C@H]1C[C@@H]2CC[C@@H](O2)[C@H](C)C(=O)O[C@@H]([C@@H](C)[C@H]2CC[C@@H](C[C@@H](CCC)N(C)C)O2)C[C@@H]2CC[C@H](CC(=O)O1)O2. The van der Waals surface area contributed by atoms with Gasteiger partial charge in [-0.2, -0.15) is 0 Å². The molecule has 0 aromatic heterocycles. The molecule has 8 nitrogen and oxygen atoms in total. The van der Waals surface area contributed by atoms with Gasteiger partial charge in [-0.3, -0.25) is 9.59 Å². The van der Waals surface area contributed by atoms with Crippen LogP contribution in [-0.4, -0.2) is 85.8 Å². The number of carbonyl (C=O) groups is 2. The predicted octanol–water partition coefficient (Wildman–Crippen LogP) is 5.83. The topological polar surface area (TPSA) is 83.5 Å². The summed E-state index contributed by atoms with van der Waals surface area (Å²) in [5, 5.41) is 0. The molecule has 0 radical (unpaired) electrons. The number of hydrogen-bond acceptors (Lipinski definition) is 8. The van der Waals surface area contributed by atoms with Crippen LogP contribution in [-0.2, 0) is 33.3 Å². The molecular formula is C33H57NO7. The van der Waals surface area contributed by atoms with E-state index in [0.717, 1.165) is 64.2 Å². The summed E-state index contributed by atoms with van der Waals surface area (Å²) in [6.07, 6.45) is 11.6. The van der Waals surface area contributed by atoms with E-state index < -0.39 is 0 Å². The second kappa shape index (κ2) is 15.5. The van der Waals surface area contributed by atoms with Gasteiger partial charge in [0.15, 0.2) is 0 Å². The van der Waals surface area contributed by atoms with Gasteiger partial charge in [0, 0.05) is 24.8 Å². The van der Waals surface area contributed by atoms with Gasteiger partial charge in [0.1, 0.15) is 12.2 Å². The molecular weight excluding hydrogens is 522 g/mol. The Bertz CT molecular complexity index is 836. The fraction of sp³-hybridized carbons (Fsp3) is 0.939. The molecule has 0 aliphatic carbocycles. The van der Waals surface area contributed by atoms with E-state index in [0.29, 0.717) is 18.9 Å². The maximum atomic E-state index is 13.5. The normalized spacial score (nSPS) is 38.6. The highest BCUT2D eigenvalue weighted by atomic mass is 16.6. The van der Waals surface area contributed by atoms with Crippen LogP contribution in [0.1, 0.15) is 118 Å². The van der Waals surface area contributed by atoms with Crippen molar-refractivity contribution in [1.82, 2.24) is 4.90 Å². The van der Waals surface area contributed by atoms with E-state index in [1.807, 2.05) is 6.92 Å². The maximum absolute atomic E-state index is 13.5. The van der Waals surface area contributed by atoms with Crippen LogP contribution in [0.15, 0.2) is 0 Å². The van der Waals surface area contributed by atoms with Crippen LogP contribution in [0.3, 0.4) is 0 Å². The van der Waals surface area contributed by atoms with Crippen molar-refractivity contribution in [2.75, 3.05) is 14.1 Å². The standard InChI is InChI=1S/C33H57NO7/c1-7-9-23(34(5)6)17-25-13-15-29(38-25)21(3)31-19-27-11-12-28(37-27)20-32(35)40-24(10-8-2)18-26-14-16-30(39-26)22(4)33(36)41-31/h21-31H,7-20H2,1-6H3/t21-,22-,23+,24-,25-,26-,27-,28+,29+,30+,31+/m0/s1. The number of cyclic esters (lactones) is 2. The maximum Gasteiger partial charge on any atom is 0.311 e. The highest BCUT2D eigenvalue weighted by molar-refractivity contribution is 5.73. The van der Waals surface area contributed by atoms with E-state index in [4.69, 9.17) is 23.7 Å². The summed E-state index contributed by atoms with van der Waals surface area (Å²) in [7, 11) is 4.31. The van der Waals surface area contributed by atoms with Crippen LogP contribution in [0, 0.1) is 11.8 Å². The first-order valence-electron chi connectivity index (χ1n) is 16.7. The predicted molar refractivity (Wildman–Crippen MR) is 158 cm³/mol. The number of esters is 2. The monoisotopic (exact) mass is 579 g/mol. The van der Waals surface area contributed by atoms with Gasteiger partial charge in [-0.15, -0.1) is 0 Å². The van der Waals surface area contributed by atoms with Crippen molar-refractivity contribution in [3.63, 3.8) is 0 Å². The molecule has 4 aliphatic heterocycles. The Labute approximate surface area is 248 Å². The molecule has 0 aromatic rings. The summed E-state index contributed by atoms with van der Waals surface area (Å²) in [6, 6.07) is 0.517. The first-order valence-corrected chi connectivity index (χ1v) is 16.7. The van der Waals surface area contributed by atoms with E-state index in [9.17, 15) is 9.59 Å². The average Bonchev–Trinajstić information content (AvgIpc) is 3.68. The molecule has 4 fully saturated rings. The van der Waals surface area contributed by atoms with Gasteiger partial charge in [0.2, 0.25) is 0 Å². The number of nitrogens with zero attached hydrogens (tertiary/aromatic N) is 1. The molecule has 0 amide bonds. The highest BCUT2D eigenvalue weighted by Gasteiger charge is 2.42. The zero-order chi connectivity index (χ0) is 29.5. The molecule has 0 saturated carbocycles. The zero-order valence-electron chi connectivity index (χ0n) is 26.6. The number of carbonyl (C=O) groups excluding carboxylic acids is 2. The van der Waals surface area contributed by atoms with Crippen molar-refractivity contribution < 1.29 is 33.3 Å². The lowest BCUT2D eigenvalue weighted by atomic mass is 9.91. The van der Waals surface area contributed by atoms with Crippen molar-refractivity contribution in [3.8, 4) is 0 Å². The molecule has 41 heavy (non-hydrogen) atoms. The number of ether oxygens (including phenoxy) is 5. The lowest BCUT2D eigenvalue weighted by Gasteiger charge is -2.32. The van der Waals surface area contributed by atoms with Crippen molar-refractivity contribution in [3.05, 3.63) is 0 Å². The quantitative estimate of drug-likeness (QED) is 0.316. The van der Waals surface area contributed by atoms with E-state index in [1.54, 1.807) is 0 Å². The van der Waals surface area contributed by atoms with Gasteiger partial charge < -0.3 is 28.6 Å². The lowest BCUT2D eigenvalue weighted by molar-refractivity contribution is -0.167. The van der Waals surface area contributed by atoms with Crippen LogP contribution in [0.2, 0.25) is 0 Å². The van der Waals surface area contributed by atoms with Gasteiger partial charge in [0.25, 0.3) is 0 Å². The zero-order valence-corrected chi connectivity index (χ0v) is 26.6. The van der Waals surface area contributed by atoms with Gasteiger partial charge in [-0.25, -0.2) is 0 Å². The summed E-state index contributed by atoms with van der Waals surface area (Å²) in [6.45, 7) is 8.45. The molecule has 11 atom stereocenters. The second-order valence-electron chi connectivity index (χ2n) is 13.5. The van der Waals surface area contributed by atoms with Crippen molar-refractivity contribution >= 4 is 11.9 Å². The first kappa shape index (κ1) is 32.7. The van der Waals surface area contributed by atoms with Gasteiger partial charge in [0.05, 0.1) is 49.0 Å². The number of rotatable bonds is 9. The molecule has 8 heteroatoms. The highest BCUT2D eigenvalue weighted by Crippen LogP contribution is 2.36. The summed E-state index contributed by atoms with van der Waals surface area (Å²) < 4.78 is 31.6. The average molecular weight is 580 g/mol. The van der Waals surface area contributed by atoms with Crippen molar-refractivity contribution in [1.29, 1.82) is 0 Å². The summed E-state index contributed by atoms with van der Waals surface area (Å²) in [5.74, 6) is -0.654. The lowest BCUT2D eigenvalue weighted by Crippen LogP contribution is -2.39. The summed E-state index contributed by atoms with van der Waals surface area (Å²) in [4.78, 5) is 28.7. The Balaban J connectivity index is 1.44. The Hall–Kier alpha value is -1.22. The molecule has 236 valence electrons. The molecule has 0 unspecified atom stereocenters. The van der Waals surface area contributed by atoms with Crippen LogP contribution < -0.4 is 0 Å². The minimum Gasteiger partial charge on any atom is -0.462 e. The Kier molecular flexibility index (Phi) is 12.3. The van der Waals surface area contributed by atoms with Crippen LogP contribution >= 0.6 is 0 Å². The third-order valence-corrected chi connectivity index (χ3v) is 10.1. The third-order valence-electron chi connectivity index (χ3n) is 10.1. The van der Waals surface area contributed by atoms with Crippen molar-refractivity contribution in [2.45, 2.75) is 172 Å². The number of hydrogen-bond donors (Lipinski definition) is 0. The van der Waals surface area contributed by atoms with Crippen LogP contribution in [0.4, 0.5) is 0 Å². The molecule has 4 aliphatic rings. The van der Waals surface area contributed by atoms with Gasteiger partial charge in [-0.05, 0) is 78.8 Å². The molecule has 0 aromatic carbocycles.